The van der Waals surface area contributed by atoms with Gasteiger partial charge in [-0.1, -0.05) is 418 Å². The monoisotopic (exact) mass is 1290 g/mol. The average Bonchev–Trinajstić information content (AvgIpc) is 3.75. The number of phosphoric ester groups is 1. The van der Waals surface area contributed by atoms with Crippen LogP contribution in [0.15, 0.2) is 12.2 Å². The van der Waals surface area contributed by atoms with Crippen molar-refractivity contribution >= 4 is 19.8 Å². The molecule has 0 saturated carbocycles. The largest absolute Gasteiger partial charge is 0.472 e. The van der Waals surface area contributed by atoms with Crippen molar-refractivity contribution in [2.24, 2.45) is 5.73 Å². The van der Waals surface area contributed by atoms with E-state index in [0.717, 1.165) is 32.1 Å². The third kappa shape index (κ3) is 75.8. The zero-order valence-electron chi connectivity index (χ0n) is 60.7. The second-order valence-electron chi connectivity index (χ2n) is 28.0. The van der Waals surface area contributed by atoms with Gasteiger partial charge < -0.3 is 20.1 Å². The zero-order valence-corrected chi connectivity index (χ0v) is 61.6. The molecule has 0 heterocycles. The Morgan fingerprint density at radius 2 is 0.544 bits per heavy atom. The van der Waals surface area contributed by atoms with Crippen molar-refractivity contribution in [2.45, 2.75) is 463 Å². The molecule has 0 fully saturated rings. The minimum absolute atomic E-state index is 0.0582. The normalized spacial score (nSPS) is 12.8. The Morgan fingerprint density at radius 3 is 0.789 bits per heavy atom. The third-order valence-electron chi connectivity index (χ3n) is 18.9. The molecule has 0 aromatic carbocycles. The summed E-state index contributed by atoms with van der Waals surface area (Å²) in [4.78, 5) is 35.5. The van der Waals surface area contributed by atoms with Crippen LogP contribution in [0.3, 0.4) is 0 Å². The molecule has 0 aromatic heterocycles. The Morgan fingerprint density at radius 1 is 0.322 bits per heavy atom. The first-order chi connectivity index (χ1) is 44.3. The molecule has 536 valence electrons. The van der Waals surface area contributed by atoms with E-state index in [-0.39, 0.29) is 38.6 Å². The Kier molecular flexibility index (Phi) is 75.7. The standard InChI is InChI=1S/C80H158NO8P/c1-3-5-7-9-11-13-15-17-19-21-23-25-27-29-31-33-35-37-39-41-43-45-47-49-51-53-55-57-59-61-63-65-67-69-71-73-80(83)89-78(77-88-90(84,85)87-75-74-81)76-86-79(82)72-70-68-66-64-62-60-58-56-54-52-50-48-46-44-42-40-38-36-34-32-30-28-26-24-22-20-18-16-14-12-10-8-6-4-2/h21,23,78H,3-20,22,24-77,81H2,1-2H3,(H,84,85)/b23-21-. The number of phosphoric acid groups is 1. The molecule has 0 aromatic rings. The fourth-order valence-corrected chi connectivity index (χ4v) is 13.6. The molecular weight excluding hydrogens is 1130 g/mol. The number of ether oxygens (including phenoxy) is 2. The van der Waals surface area contributed by atoms with Gasteiger partial charge in [0.25, 0.3) is 0 Å². The van der Waals surface area contributed by atoms with Crippen LogP contribution in [0.5, 0.6) is 0 Å². The van der Waals surface area contributed by atoms with Gasteiger partial charge in [0.2, 0.25) is 0 Å². The molecule has 0 radical (unpaired) electrons. The number of rotatable bonds is 79. The smallest absolute Gasteiger partial charge is 0.462 e. The number of carbonyl (C=O) groups excluding carboxylic acids is 2. The van der Waals surface area contributed by atoms with Crippen LogP contribution in [-0.2, 0) is 32.7 Å². The van der Waals surface area contributed by atoms with E-state index in [2.05, 4.69) is 26.0 Å². The first-order valence-electron chi connectivity index (χ1n) is 40.7. The second kappa shape index (κ2) is 76.8. The molecule has 0 amide bonds. The fraction of sp³-hybridized carbons (Fsp3) is 0.950. The molecule has 0 spiro atoms. The Bertz CT molecular complexity index is 1480. The van der Waals surface area contributed by atoms with Crippen molar-refractivity contribution in [1.29, 1.82) is 0 Å². The van der Waals surface area contributed by atoms with Crippen LogP contribution in [-0.4, -0.2) is 49.3 Å². The van der Waals surface area contributed by atoms with E-state index in [1.807, 2.05) is 0 Å². The van der Waals surface area contributed by atoms with Crippen molar-refractivity contribution in [3.63, 3.8) is 0 Å². The molecule has 10 heteroatoms. The quantitative estimate of drug-likeness (QED) is 0.0264. The molecule has 0 aliphatic heterocycles. The molecule has 0 aliphatic carbocycles. The van der Waals surface area contributed by atoms with E-state index in [1.54, 1.807) is 0 Å². The van der Waals surface area contributed by atoms with E-state index in [1.165, 1.54) is 392 Å². The highest BCUT2D eigenvalue weighted by Crippen LogP contribution is 2.43. The summed E-state index contributed by atoms with van der Waals surface area (Å²) in [6.07, 6.45) is 95.1. The van der Waals surface area contributed by atoms with Crippen LogP contribution in [0.4, 0.5) is 0 Å². The molecule has 0 rings (SSSR count). The van der Waals surface area contributed by atoms with Gasteiger partial charge in [-0.15, -0.1) is 0 Å². The van der Waals surface area contributed by atoms with Crippen molar-refractivity contribution in [3.05, 3.63) is 12.2 Å². The summed E-state index contributed by atoms with van der Waals surface area (Å²) in [7, 11) is -4.39. The SMILES string of the molecule is CCCCCCCCCC/C=C\CCCCCCCCCCCCCCCCCCCCCCCCCC(=O)OC(COC(=O)CCCCCCCCCCCCCCCCCCCCCCCCCCCCCCCCCCCC)COP(=O)(O)OCCN. The zero-order chi connectivity index (χ0) is 65.1. The number of allylic oxidation sites excluding steroid dienone is 2. The number of esters is 2. The van der Waals surface area contributed by atoms with Crippen LogP contribution in [0, 0.1) is 0 Å². The summed E-state index contributed by atoms with van der Waals surface area (Å²) in [6.45, 7) is 3.85. The van der Waals surface area contributed by atoms with Gasteiger partial charge in [0.15, 0.2) is 6.10 Å². The maximum Gasteiger partial charge on any atom is 0.472 e. The van der Waals surface area contributed by atoms with Crippen LogP contribution in [0.1, 0.15) is 457 Å². The summed E-state index contributed by atoms with van der Waals surface area (Å²) < 4.78 is 33.3. The molecular formula is C80H158NO8P. The minimum atomic E-state index is -4.39. The van der Waals surface area contributed by atoms with Crippen LogP contribution in [0.25, 0.3) is 0 Å². The molecule has 0 bridgehead atoms. The number of unbranched alkanes of at least 4 members (excludes halogenated alkanes) is 64. The highest BCUT2D eigenvalue weighted by molar-refractivity contribution is 7.47. The van der Waals surface area contributed by atoms with Gasteiger partial charge in [-0.25, -0.2) is 4.57 Å². The Labute approximate surface area is 561 Å². The van der Waals surface area contributed by atoms with Gasteiger partial charge >= 0.3 is 19.8 Å². The van der Waals surface area contributed by atoms with Crippen LogP contribution in [0.2, 0.25) is 0 Å². The summed E-state index contributed by atoms with van der Waals surface area (Å²) in [5, 5.41) is 0. The van der Waals surface area contributed by atoms with Crippen molar-refractivity contribution in [2.75, 3.05) is 26.4 Å². The summed E-state index contributed by atoms with van der Waals surface area (Å²) in [6, 6.07) is 0. The molecule has 2 unspecified atom stereocenters. The van der Waals surface area contributed by atoms with Crippen LogP contribution >= 0.6 is 7.82 Å². The fourth-order valence-electron chi connectivity index (χ4n) is 12.9. The maximum absolute atomic E-state index is 12.8. The lowest BCUT2D eigenvalue weighted by atomic mass is 10.0. The van der Waals surface area contributed by atoms with Crippen molar-refractivity contribution < 1.29 is 37.6 Å². The second-order valence-corrected chi connectivity index (χ2v) is 29.5. The number of carbonyl (C=O) groups is 2. The van der Waals surface area contributed by atoms with Gasteiger partial charge in [0.1, 0.15) is 6.61 Å². The lowest BCUT2D eigenvalue weighted by Gasteiger charge is -2.19. The van der Waals surface area contributed by atoms with Gasteiger partial charge in [-0.3, -0.25) is 18.6 Å². The number of hydrogen-bond donors (Lipinski definition) is 2. The lowest BCUT2D eigenvalue weighted by Crippen LogP contribution is -2.29. The average molecular weight is 1290 g/mol. The number of nitrogens with two attached hydrogens (primary N) is 1. The molecule has 90 heavy (non-hydrogen) atoms. The van der Waals surface area contributed by atoms with Gasteiger partial charge in [0, 0.05) is 19.4 Å². The predicted molar refractivity (Wildman–Crippen MR) is 391 cm³/mol. The minimum Gasteiger partial charge on any atom is -0.462 e. The lowest BCUT2D eigenvalue weighted by molar-refractivity contribution is -0.161. The van der Waals surface area contributed by atoms with E-state index in [9.17, 15) is 19.0 Å². The van der Waals surface area contributed by atoms with E-state index in [0.29, 0.717) is 6.42 Å². The third-order valence-corrected chi connectivity index (χ3v) is 19.9. The highest BCUT2D eigenvalue weighted by atomic mass is 31.2. The molecule has 2 atom stereocenters. The van der Waals surface area contributed by atoms with E-state index < -0.39 is 26.5 Å². The molecule has 3 N–H and O–H groups in total. The van der Waals surface area contributed by atoms with Gasteiger partial charge in [-0.2, -0.15) is 0 Å². The van der Waals surface area contributed by atoms with Crippen LogP contribution < -0.4 is 5.73 Å². The topological polar surface area (TPSA) is 134 Å². The first-order valence-corrected chi connectivity index (χ1v) is 42.2. The van der Waals surface area contributed by atoms with Gasteiger partial charge in [-0.05, 0) is 38.5 Å². The van der Waals surface area contributed by atoms with E-state index >= 15 is 0 Å². The summed E-state index contributed by atoms with van der Waals surface area (Å²) in [5.41, 5.74) is 5.42. The number of hydrogen-bond acceptors (Lipinski definition) is 8. The van der Waals surface area contributed by atoms with Crippen molar-refractivity contribution in [3.8, 4) is 0 Å². The summed E-state index contributed by atoms with van der Waals surface area (Å²) >= 11 is 0. The first kappa shape index (κ1) is 88.8. The molecule has 0 aliphatic rings. The van der Waals surface area contributed by atoms with E-state index in [4.69, 9.17) is 24.3 Å². The molecule has 9 nitrogen and oxygen atoms in total. The predicted octanol–water partition coefficient (Wildman–Crippen LogP) is 27.0. The van der Waals surface area contributed by atoms with Crippen molar-refractivity contribution in [1.82, 2.24) is 0 Å². The Balaban J connectivity index is 3.73. The Hall–Kier alpha value is -1.25. The molecule has 0 saturated heterocycles. The maximum atomic E-state index is 12.8. The van der Waals surface area contributed by atoms with Gasteiger partial charge in [0.05, 0.1) is 13.2 Å². The highest BCUT2D eigenvalue weighted by Gasteiger charge is 2.26. The summed E-state index contributed by atoms with van der Waals surface area (Å²) in [5.74, 6) is -0.796.